The second-order valence-electron chi connectivity index (χ2n) is 4.53. The van der Waals surface area contributed by atoms with Gasteiger partial charge in [-0.15, -0.1) is 6.58 Å². The maximum atomic E-state index is 13.2. The minimum absolute atomic E-state index is 0.135. The number of carbonyl (C=O) groups is 2. The molecule has 1 aliphatic rings. The van der Waals surface area contributed by atoms with Gasteiger partial charge in [-0.2, -0.15) is 0 Å². The molecular formula is C14H16FN3O2. The highest BCUT2D eigenvalue weighted by Gasteiger charge is 2.31. The fourth-order valence-corrected chi connectivity index (χ4v) is 2.10. The van der Waals surface area contributed by atoms with E-state index in [9.17, 15) is 14.0 Å². The number of amides is 3. The largest absolute Gasteiger partial charge is 0.335 e. The molecule has 0 aliphatic carbocycles. The average molecular weight is 277 g/mol. The Bertz CT molecular complexity index is 533. The molecule has 1 atom stereocenters. The summed E-state index contributed by atoms with van der Waals surface area (Å²) < 4.78 is 13.2. The first-order valence-electron chi connectivity index (χ1n) is 6.31. The van der Waals surface area contributed by atoms with Crippen molar-refractivity contribution in [3.05, 3.63) is 42.7 Å². The summed E-state index contributed by atoms with van der Waals surface area (Å²) in [6.07, 6.45) is 1.77. The van der Waals surface area contributed by atoms with Crippen LogP contribution in [0, 0.1) is 5.82 Å². The Kier molecular flexibility index (Phi) is 4.34. The molecule has 1 aromatic carbocycles. The molecular weight excluding hydrogens is 261 g/mol. The minimum Gasteiger partial charge on any atom is -0.335 e. The SMILES string of the molecule is C=CCNC(=O)NC1CC(=O)N(c2cccc(F)c2)C1. The van der Waals surface area contributed by atoms with Crippen LogP contribution in [0.3, 0.4) is 0 Å². The van der Waals surface area contributed by atoms with Crippen LogP contribution in [0.4, 0.5) is 14.9 Å². The van der Waals surface area contributed by atoms with E-state index in [1.54, 1.807) is 18.2 Å². The average Bonchev–Trinajstić information content (AvgIpc) is 2.77. The number of hydrogen-bond acceptors (Lipinski definition) is 2. The maximum Gasteiger partial charge on any atom is 0.315 e. The summed E-state index contributed by atoms with van der Waals surface area (Å²) in [5.41, 5.74) is 0.505. The Hall–Kier alpha value is -2.37. The first-order valence-corrected chi connectivity index (χ1v) is 6.31. The van der Waals surface area contributed by atoms with Crippen LogP contribution in [0.1, 0.15) is 6.42 Å². The second kappa shape index (κ2) is 6.18. The van der Waals surface area contributed by atoms with Crippen molar-refractivity contribution in [1.29, 1.82) is 0 Å². The van der Waals surface area contributed by atoms with Crippen molar-refractivity contribution in [1.82, 2.24) is 10.6 Å². The third-order valence-electron chi connectivity index (χ3n) is 2.99. The molecule has 0 spiro atoms. The fourth-order valence-electron chi connectivity index (χ4n) is 2.10. The van der Waals surface area contributed by atoms with Crippen LogP contribution in [0.25, 0.3) is 0 Å². The van der Waals surface area contributed by atoms with Gasteiger partial charge >= 0.3 is 6.03 Å². The van der Waals surface area contributed by atoms with Gasteiger partial charge in [-0.25, -0.2) is 9.18 Å². The van der Waals surface area contributed by atoms with Crippen molar-refractivity contribution in [2.24, 2.45) is 0 Å². The van der Waals surface area contributed by atoms with Crippen molar-refractivity contribution in [3.8, 4) is 0 Å². The van der Waals surface area contributed by atoms with E-state index in [4.69, 9.17) is 0 Å². The molecule has 2 rings (SSSR count). The van der Waals surface area contributed by atoms with Crippen LogP contribution in [0.2, 0.25) is 0 Å². The van der Waals surface area contributed by atoms with Gasteiger partial charge < -0.3 is 15.5 Å². The lowest BCUT2D eigenvalue weighted by molar-refractivity contribution is -0.117. The molecule has 5 nitrogen and oxygen atoms in total. The number of nitrogens with one attached hydrogen (secondary N) is 2. The summed E-state index contributed by atoms with van der Waals surface area (Å²) in [6, 6.07) is 5.22. The number of urea groups is 1. The van der Waals surface area contributed by atoms with Gasteiger partial charge in [0, 0.05) is 25.2 Å². The lowest BCUT2D eigenvalue weighted by Crippen LogP contribution is -2.43. The van der Waals surface area contributed by atoms with Gasteiger partial charge in [0.2, 0.25) is 5.91 Å². The molecule has 0 bridgehead atoms. The van der Waals surface area contributed by atoms with Gasteiger partial charge in [0.15, 0.2) is 0 Å². The fraction of sp³-hybridized carbons (Fsp3) is 0.286. The molecule has 1 heterocycles. The molecule has 2 N–H and O–H groups in total. The Morgan fingerprint density at radius 1 is 1.55 bits per heavy atom. The molecule has 1 aromatic rings. The summed E-state index contributed by atoms with van der Waals surface area (Å²) in [7, 11) is 0. The lowest BCUT2D eigenvalue weighted by Gasteiger charge is -2.17. The van der Waals surface area contributed by atoms with Crippen molar-refractivity contribution in [2.75, 3.05) is 18.0 Å². The van der Waals surface area contributed by atoms with E-state index in [2.05, 4.69) is 17.2 Å². The number of rotatable bonds is 4. The van der Waals surface area contributed by atoms with E-state index in [1.807, 2.05) is 0 Å². The predicted molar refractivity (Wildman–Crippen MR) is 73.9 cm³/mol. The third-order valence-corrected chi connectivity index (χ3v) is 2.99. The minimum atomic E-state index is -0.393. The molecule has 1 saturated heterocycles. The van der Waals surface area contributed by atoms with E-state index in [0.717, 1.165) is 0 Å². The topological polar surface area (TPSA) is 61.4 Å². The lowest BCUT2D eigenvalue weighted by atomic mass is 10.2. The molecule has 6 heteroatoms. The summed E-state index contributed by atoms with van der Waals surface area (Å²) in [5.74, 6) is -0.528. The van der Waals surface area contributed by atoms with Gasteiger partial charge in [-0.1, -0.05) is 12.1 Å². The highest BCUT2D eigenvalue weighted by molar-refractivity contribution is 5.96. The van der Waals surface area contributed by atoms with E-state index < -0.39 is 5.82 Å². The summed E-state index contributed by atoms with van der Waals surface area (Å²) >= 11 is 0. The zero-order valence-electron chi connectivity index (χ0n) is 10.9. The number of halogens is 1. The highest BCUT2D eigenvalue weighted by atomic mass is 19.1. The standard InChI is InChI=1S/C14H16FN3O2/c1-2-6-16-14(20)17-11-8-13(19)18(9-11)12-5-3-4-10(15)7-12/h2-5,7,11H,1,6,8-9H2,(H2,16,17,20). The highest BCUT2D eigenvalue weighted by Crippen LogP contribution is 2.22. The summed E-state index contributed by atoms with van der Waals surface area (Å²) in [6.45, 7) is 4.19. The van der Waals surface area contributed by atoms with Crippen molar-refractivity contribution in [2.45, 2.75) is 12.5 Å². The molecule has 0 radical (unpaired) electrons. The zero-order valence-corrected chi connectivity index (χ0v) is 10.9. The first-order chi connectivity index (χ1) is 9.60. The predicted octanol–water partition coefficient (Wildman–Crippen LogP) is 1.42. The van der Waals surface area contributed by atoms with E-state index >= 15 is 0 Å². The molecule has 1 aliphatic heterocycles. The molecule has 106 valence electrons. The van der Waals surface area contributed by atoms with Crippen LogP contribution in [-0.4, -0.2) is 31.1 Å². The van der Waals surface area contributed by atoms with Crippen LogP contribution >= 0.6 is 0 Å². The number of carbonyl (C=O) groups excluding carboxylic acids is 2. The molecule has 20 heavy (non-hydrogen) atoms. The molecule has 1 unspecified atom stereocenters. The maximum absolute atomic E-state index is 13.2. The van der Waals surface area contributed by atoms with E-state index in [1.165, 1.54) is 17.0 Å². The van der Waals surface area contributed by atoms with Gasteiger partial charge in [-0.3, -0.25) is 4.79 Å². The van der Waals surface area contributed by atoms with Crippen LogP contribution in [0.15, 0.2) is 36.9 Å². The quantitative estimate of drug-likeness (QED) is 0.818. The van der Waals surface area contributed by atoms with Gasteiger partial charge in [-0.05, 0) is 18.2 Å². The zero-order chi connectivity index (χ0) is 14.5. The van der Waals surface area contributed by atoms with Crippen molar-refractivity contribution >= 4 is 17.6 Å². The Morgan fingerprint density at radius 3 is 3.05 bits per heavy atom. The Balaban J connectivity index is 1.97. The van der Waals surface area contributed by atoms with E-state index in [-0.39, 0.29) is 24.4 Å². The molecule has 0 saturated carbocycles. The van der Waals surface area contributed by atoms with Gasteiger partial charge in [0.05, 0.1) is 6.04 Å². The number of nitrogens with zero attached hydrogens (tertiary/aromatic N) is 1. The van der Waals surface area contributed by atoms with Crippen LogP contribution < -0.4 is 15.5 Å². The normalized spacial score (nSPS) is 17.9. The van der Waals surface area contributed by atoms with Crippen LogP contribution in [-0.2, 0) is 4.79 Å². The molecule has 3 amide bonds. The molecule has 1 fully saturated rings. The van der Waals surface area contributed by atoms with E-state index in [0.29, 0.717) is 18.8 Å². The number of hydrogen-bond donors (Lipinski definition) is 2. The summed E-state index contributed by atoms with van der Waals surface area (Å²) in [4.78, 5) is 24.9. The monoisotopic (exact) mass is 277 g/mol. The Labute approximate surface area is 116 Å². The Morgan fingerprint density at radius 2 is 2.35 bits per heavy atom. The number of anilines is 1. The van der Waals surface area contributed by atoms with Crippen molar-refractivity contribution in [3.63, 3.8) is 0 Å². The van der Waals surface area contributed by atoms with Gasteiger partial charge in [0.1, 0.15) is 5.82 Å². The van der Waals surface area contributed by atoms with Crippen molar-refractivity contribution < 1.29 is 14.0 Å². The molecule has 0 aromatic heterocycles. The van der Waals surface area contributed by atoms with Gasteiger partial charge in [0.25, 0.3) is 0 Å². The number of benzene rings is 1. The van der Waals surface area contributed by atoms with Crippen LogP contribution in [0.5, 0.6) is 0 Å². The first kappa shape index (κ1) is 14.0. The summed E-state index contributed by atoms with van der Waals surface area (Å²) in [5, 5.41) is 5.28. The third kappa shape index (κ3) is 3.34. The smallest absolute Gasteiger partial charge is 0.315 e. The second-order valence-corrected chi connectivity index (χ2v) is 4.53.